The number of azide groups is 1. The third-order valence-corrected chi connectivity index (χ3v) is 1.58. The van der Waals surface area contributed by atoms with Gasteiger partial charge in [-0.2, -0.15) is 5.48 Å². The standard InChI is InChI=1S/C10H19N5O4/c1-10(2,3)19-9(17)14-18-7-8(16)12-5-4-6-13-15-11/h4-7H2,1-3H3,(H,12,16)(H,14,17). The van der Waals surface area contributed by atoms with Crippen LogP contribution >= 0.6 is 0 Å². The zero-order chi connectivity index (χ0) is 14.7. The summed E-state index contributed by atoms with van der Waals surface area (Å²) in [5.74, 6) is -0.392. The Morgan fingerprint density at radius 3 is 2.63 bits per heavy atom. The number of nitrogens with one attached hydrogen (secondary N) is 2. The van der Waals surface area contributed by atoms with Gasteiger partial charge in [0, 0.05) is 18.0 Å². The molecule has 0 saturated heterocycles. The van der Waals surface area contributed by atoms with E-state index in [-0.39, 0.29) is 6.61 Å². The van der Waals surface area contributed by atoms with Gasteiger partial charge in [-0.15, -0.1) is 0 Å². The van der Waals surface area contributed by atoms with Gasteiger partial charge in [0.25, 0.3) is 0 Å². The van der Waals surface area contributed by atoms with Crippen LogP contribution in [-0.4, -0.2) is 37.3 Å². The summed E-state index contributed by atoms with van der Waals surface area (Å²) in [7, 11) is 0. The Bertz CT molecular complexity index is 346. The summed E-state index contributed by atoms with van der Waals surface area (Å²) in [5, 5.41) is 5.84. The second-order valence-electron chi connectivity index (χ2n) is 4.55. The maximum atomic E-state index is 11.2. The molecule has 9 nitrogen and oxygen atoms in total. The van der Waals surface area contributed by atoms with Gasteiger partial charge in [-0.25, -0.2) is 4.79 Å². The molecular formula is C10H19N5O4. The summed E-state index contributed by atoms with van der Waals surface area (Å²) in [6.45, 7) is 5.50. The van der Waals surface area contributed by atoms with Crippen LogP contribution in [0.1, 0.15) is 27.2 Å². The summed E-state index contributed by atoms with van der Waals surface area (Å²) >= 11 is 0. The van der Waals surface area contributed by atoms with Gasteiger partial charge in [0.05, 0.1) is 0 Å². The topological polar surface area (TPSA) is 125 Å². The van der Waals surface area contributed by atoms with E-state index in [9.17, 15) is 9.59 Å². The van der Waals surface area contributed by atoms with E-state index in [2.05, 4.69) is 20.2 Å². The lowest BCUT2D eigenvalue weighted by atomic mass is 10.2. The van der Waals surface area contributed by atoms with Gasteiger partial charge in [0.15, 0.2) is 6.61 Å². The van der Waals surface area contributed by atoms with Gasteiger partial charge < -0.3 is 10.1 Å². The van der Waals surface area contributed by atoms with E-state index in [4.69, 9.17) is 10.3 Å². The summed E-state index contributed by atoms with van der Waals surface area (Å²) in [6.07, 6.45) is -0.224. The smallest absolute Gasteiger partial charge is 0.431 e. The molecule has 2 N–H and O–H groups in total. The van der Waals surface area contributed by atoms with Crippen molar-refractivity contribution >= 4 is 12.0 Å². The van der Waals surface area contributed by atoms with Crippen molar-refractivity contribution in [3.05, 3.63) is 10.4 Å². The number of hydroxylamine groups is 1. The molecule has 0 aliphatic heterocycles. The van der Waals surface area contributed by atoms with Crippen LogP contribution in [0.4, 0.5) is 4.79 Å². The summed E-state index contributed by atoms with van der Waals surface area (Å²) in [4.78, 5) is 29.6. The number of ether oxygens (including phenoxy) is 1. The quantitative estimate of drug-likeness (QED) is 0.238. The van der Waals surface area contributed by atoms with Gasteiger partial charge in [0.2, 0.25) is 5.91 Å². The zero-order valence-corrected chi connectivity index (χ0v) is 11.3. The Balaban J connectivity index is 3.58. The van der Waals surface area contributed by atoms with Crippen molar-refractivity contribution in [2.24, 2.45) is 5.11 Å². The second-order valence-corrected chi connectivity index (χ2v) is 4.55. The van der Waals surface area contributed by atoms with E-state index >= 15 is 0 Å². The number of carbonyl (C=O) groups is 2. The van der Waals surface area contributed by atoms with E-state index in [1.54, 1.807) is 20.8 Å². The molecule has 0 heterocycles. The molecule has 0 aromatic rings. The SMILES string of the molecule is CC(C)(C)OC(=O)NOCC(=O)NCCCN=[N+]=[N-]. The van der Waals surface area contributed by atoms with Crippen molar-refractivity contribution in [1.82, 2.24) is 10.8 Å². The lowest BCUT2D eigenvalue weighted by Crippen LogP contribution is -2.36. The van der Waals surface area contributed by atoms with E-state index < -0.39 is 17.6 Å². The molecule has 0 rings (SSSR count). The van der Waals surface area contributed by atoms with Gasteiger partial charge in [0.1, 0.15) is 5.60 Å². The molecule has 0 bridgehead atoms. The fraction of sp³-hybridized carbons (Fsp3) is 0.800. The predicted octanol–water partition coefficient (Wildman–Crippen LogP) is 1.26. The molecule has 0 fully saturated rings. The molecule has 0 aliphatic rings. The molecule has 19 heavy (non-hydrogen) atoms. The summed E-state index contributed by atoms with van der Waals surface area (Å²) < 4.78 is 4.89. The minimum absolute atomic E-state index is 0.313. The number of carbonyl (C=O) groups excluding carboxylic acids is 2. The molecule has 0 spiro atoms. The van der Waals surface area contributed by atoms with Gasteiger partial charge in [-0.1, -0.05) is 5.11 Å². The van der Waals surface area contributed by atoms with Gasteiger partial charge >= 0.3 is 6.09 Å². The molecule has 9 heteroatoms. The molecule has 0 unspecified atom stereocenters. The first-order chi connectivity index (χ1) is 8.85. The van der Waals surface area contributed by atoms with Gasteiger partial charge in [-0.05, 0) is 32.7 Å². The Morgan fingerprint density at radius 1 is 1.37 bits per heavy atom. The predicted molar refractivity (Wildman–Crippen MR) is 67.0 cm³/mol. The van der Waals surface area contributed by atoms with Crippen LogP contribution in [0.2, 0.25) is 0 Å². The van der Waals surface area contributed by atoms with Gasteiger partial charge in [-0.3, -0.25) is 9.63 Å². The van der Waals surface area contributed by atoms with Crippen molar-refractivity contribution < 1.29 is 19.2 Å². The molecule has 2 amide bonds. The minimum atomic E-state index is -0.761. The normalized spacial score (nSPS) is 10.3. The third-order valence-electron chi connectivity index (χ3n) is 1.58. The Kier molecular flexibility index (Phi) is 8.07. The van der Waals surface area contributed by atoms with Crippen LogP contribution in [-0.2, 0) is 14.4 Å². The average Bonchev–Trinajstić information content (AvgIpc) is 2.26. The summed E-state index contributed by atoms with van der Waals surface area (Å²) in [5.41, 5.74) is 9.39. The lowest BCUT2D eigenvalue weighted by molar-refractivity contribution is -0.128. The zero-order valence-electron chi connectivity index (χ0n) is 11.3. The molecule has 0 aliphatic carbocycles. The van der Waals surface area contributed by atoms with Crippen molar-refractivity contribution in [2.75, 3.05) is 19.7 Å². The van der Waals surface area contributed by atoms with Crippen LogP contribution < -0.4 is 10.8 Å². The number of hydrogen-bond donors (Lipinski definition) is 2. The maximum Gasteiger partial charge on any atom is 0.431 e. The first kappa shape index (κ1) is 17.0. The highest BCUT2D eigenvalue weighted by molar-refractivity contribution is 5.77. The molecular weight excluding hydrogens is 254 g/mol. The maximum absolute atomic E-state index is 11.2. The summed E-state index contributed by atoms with van der Waals surface area (Å²) in [6, 6.07) is 0. The van der Waals surface area contributed by atoms with E-state index in [1.165, 1.54) is 0 Å². The van der Waals surface area contributed by atoms with Crippen molar-refractivity contribution in [2.45, 2.75) is 32.8 Å². The molecule has 0 saturated carbocycles. The van der Waals surface area contributed by atoms with Crippen LogP contribution in [0.3, 0.4) is 0 Å². The van der Waals surface area contributed by atoms with Crippen LogP contribution in [0, 0.1) is 0 Å². The highest BCUT2D eigenvalue weighted by atomic mass is 16.7. The van der Waals surface area contributed by atoms with E-state index in [0.717, 1.165) is 0 Å². The highest BCUT2D eigenvalue weighted by Gasteiger charge is 2.16. The Morgan fingerprint density at radius 2 is 2.05 bits per heavy atom. The van der Waals surface area contributed by atoms with E-state index in [1.807, 2.05) is 5.48 Å². The first-order valence-corrected chi connectivity index (χ1v) is 5.73. The van der Waals surface area contributed by atoms with Crippen molar-refractivity contribution in [3.63, 3.8) is 0 Å². The lowest BCUT2D eigenvalue weighted by Gasteiger charge is -2.19. The molecule has 108 valence electrons. The van der Waals surface area contributed by atoms with Crippen molar-refractivity contribution in [1.29, 1.82) is 0 Å². The second kappa shape index (κ2) is 9.01. The number of hydrogen-bond acceptors (Lipinski definition) is 5. The Hall–Kier alpha value is -1.99. The molecule has 0 aromatic heterocycles. The largest absolute Gasteiger partial charge is 0.442 e. The van der Waals surface area contributed by atoms with Crippen LogP contribution in [0.25, 0.3) is 10.4 Å². The van der Waals surface area contributed by atoms with Crippen molar-refractivity contribution in [3.8, 4) is 0 Å². The average molecular weight is 273 g/mol. The minimum Gasteiger partial charge on any atom is -0.442 e. The molecule has 0 aromatic carbocycles. The highest BCUT2D eigenvalue weighted by Crippen LogP contribution is 2.06. The van der Waals surface area contributed by atoms with Crippen LogP contribution in [0.5, 0.6) is 0 Å². The fourth-order valence-electron chi connectivity index (χ4n) is 0.933. The molecule has 0 radical (unpaired) electrons. The fourth-order valence-corrected chi connectivity index (χ4v) is 0.933. The van der Waals surface area contributed by atoms with E-state index in [0.29, 0.717) is 19.5 Å². The van der Waals surface area contributed by atoms with Crippen LogP contribution in [0.15, 0.2) is 5.11 Å². The first-order valence-electron chi connectivity index (χ1n) is 5.73. The Labute approximate surface area is 111 Å². The molecule has 0 atom stereocenters. The third kappa shape index (κ3) is 12.3. The number of amides is 2. The monoisotopic (exact) mass is 273 g/mol. The number of rotatable bonds is 7. The number of nitrogens with zero attached hydrogens (tertiary/aromatic N) is 3.